The maximum absolute atomic E-state index is 13.9. The molecule has 2 aliphatic rings. The van der Waals surface area contributed by atoms with Crippen LogP contribution in [-0.2, 0) is 16.9 Å². The number of guanidine groups is 1. The van der Waals surface area contributed by atoms with Gasteiger partial charge >= 0.3 is 0 Å². The molecule has 8 heteroatoms. The highest BCUT2D eigenvalue weighted by Gasteiger charge is 2.56. The molecule has 2 N–H and O–H groups in total. The summed E-state index contributed by atoms with van der Waals surface area (Å²) in [4.78, 5) is 28.4. The first-order valence-electron chi connectivity index (χ1n) is 10.3. The second kappa shape index (κ2) is 7.31. The lowest BCUT2D eigenvalue weighted by Gasteiger charge is -2.41. The Labute approximate surface area is 190 Å². The van der Waals surface area contributed by atoms with Crippen molar-refractivity contribution in [3.8, 4) is 16.9 Å². The van der Waals surface area contributed by atoms with Gasteiger partial charge in [0.25, 0.3) is 5.91 Å². The van der Waals surface area contributed by atoms with Gasteiger partial charge in [0.2, 0.25) is 0 Å². The van der Waals surface area contributed by atoms with E-state index in [-0.39, 0.29) is 11.9 Å². The molecule has 0 saturated carbocycles. The van der Waals surface area contributed by atoms with Crippen LogP contribution >= 0.6 is 11.6 Å². The van der Waals surface area contributed by atoms with E-state index >= 15 is 0 Å². The van der Waals surface area contributed by atoms with Gasteiger partial charge in [0, 0.05) is 42.3 Å². The van der Waals surface area contributed by atoms with Crippen molar-refractivity contribution in [2.24, 2.45) is 10.7 Å². The van der Waals surface area contributed by atoms with Gasteiger partial charge in [-0.3, -0.25) is 19.7 Å². The number of hydrogen-bond acceptors (Lipinski definition) is 6. The Morgan fingerprint density at radius 1 is 1.09 bits per heavy atom. The van der Waals surface area contributed by atoms with Crippen LogP contribution in [0.2, 0.25) is 5.02 Å². The Morgan fingerprint density at radius 2 is 1.88 bits per heavy atom. The Balaban J connectivity index is 1.61. The van der Waals surface area contributed by atoms with Crippen molar-refractivity contribution < 1.29 is 9.53 Å². The lowest BCUT2D eigenvalue weighted by atomic mass is 9.77. The molecule has 0 saturated heterocycles. The SMILES string of the molecule is CC1(C)CC2(N=C(N)N(Cc3ccncc3)C2=O)c2cc(-c3cncc(Cl)c3)ccc2O1. The molecule has 4 heterocycles. The highest BCUT2D eigenvalue weighted by atomic mass is 35.5. The largest absolute Gasteiger partial charge is 0.487 e. The van der Waals surface area contributed by atoms with E-state index in [1.54, 1.807) is 24.8 Å². The van der Waals surface area contributed by atoms with Crippen LogP contribution in [0.15, 0.2) is 66.2 Å². The number of aliphatic imine (C=N–C) groups is 1. The molecule has 5 rings (SSSR count). The lowest BCUT2D eigenvalue weighted by molar-refractivity contribution is -0.135. The molecule has 1 amide bonds. The third-order valence-corrected chi connectivity index (χ3v) is 6.01. The monoisotopic (exact) mass is 447 g/mol. The quantitative estimate of drug-likeness (QED) is 0.657. The van der Waals surface area contributed by atoms with Gasteiger partial charge in [-0.25, -0.2) is 4.99 Å². The average Bonchev–Trinajstić information content (AvgIpc) is 2.98. The molecule has 1 aromatic carbocycles. The topological polar surface area (TPSA) is 93.7 Å². The zero-order chi connectivity index (χ0) is 22.5. The standard InChI is InChI=1S/C24H22ClN5O2/c1-23(2)14-24(21(31)30(22(26)29-24)13-15-5-7-27-8-6-15)19-10-16(3-4-20(19)32-23)17-9-18(25)12-28-11-17/h3-12H,13-14H2,1-2H3,(H2,26,29). The van der Waals surface area contributed by atoms with E-state index in [1.165, 1.54) is 4.90 Å². The summed E-state index contributed by atoms with van der Waals surface area (Å²) in [7, 11) is 0. The predicted molar refractivity (Wildman–Crippen MR) is 122 cm³/mol. The summed E-state index contributed by atoms with van der Waals surface area (Å²) in [5, 5.41) is 0.537. The van der Waals surface area contributed by atoms with Crippen LogP contribution in [-0.4, -0.2) is 32.3 Å². The van der Waals surface area contributed by atoms with Crippen LogP contribution in [0.1, 0.15) is 31.4 Å². The fraction of sp³-hybridized carbons (Fsp3) is 0.250. The van der Waals surface area contributed by atoms with Crippen LogP contribution < -0.4 is 10.5 Å². The number of nitrogens with zero attached hydrogens (tertiary/aromatic N) is 4. The number of ether oxygens (including phenoxy) is 1. The van der Waals surface area contributed by atoms with Gasteiger partial charge < -0.3 is 10.5 Å². The van der Waals surface area contributed by atoms with Crippen LogP contribution in [0.25, 0.3) is 11.1 Å². The maximum atomic E-state index is 13.9. The molecule has 2 aliphatic heterocycles. The van der Waals surface area contributed by atoms with Gasteiger partial charge in [-0.2, -0.15) is 0 Å². The number of pyridine rings is 2. The Hall–Kier alpha value is -3.45. The maximum Gasteiger partial charge on any atom is 0.262 e. The summed E-state index contributed by atoms with van der Waals surface area (Å²) < 4.78 is 6.23. The second-order valence-corrected chi connectivity index (χ2v) is 9.15. The van der Waals surface area contributed by atoms with E-state index < -0.39 is 11.1 Å². The molecule has 2 aromatic heterocycles. The first-order chi connectivity index (χ1) is 15.3. The van der Waals surface area contributed by atoms with Crippen LogP contribution in [0.5, 0.6) is 5.75 Å². The fourth-order valence-electron chi connectivity index (χ4n) is 4.48. The summed E-state index contributed by atoms with van der Waals surface area (Å²) >= 11 is 6.14. The van der Waals surface area contributed by atoms with Crippen molar-refractivity contribution in [3.05, 3.63) is 77.3 Å². The highest BCUT2D eigenvalue weighted by molar-refractivity contribution is 6.30. The van der Waals surface area contributed by atoms with E-state index in [4.69, 9.17) is 27.1 Å². The average molecular weight is 448 g/mol. The molecule has 32 heavy (non-hydrogen) atoms. The number of nitrogens with two attached hydrogens (primary N) is 1. The second-order valence-electron chi connectivity index (χ2n) is 8.72. The van der Waals surface area contributed by atoms with E-state index in [1.807, 2.05) is 50.2 Å². The minimum Gasteiger partial charge on any atom is -0.487 e. The lowest BCUT2D eigenvalue weighted by Crippen LogP contribution is -2.49. The molecule has 1 spiro atoms. The molecule has 0 aliphatic carbocycles. The van der Waals surface area contributed by atoms with Crippen LogP contribution in [0.3, 0.4) is 0 Å². The molecule has 162 valence electrons. The molecule has 0 radical (unpaired) electrons. The van der Waals surface area contributed by atoms with Gasteiger partial charge in [0.15, 0.2) is 11.5 Å². The first kappa shape index (κ1) is 20.5. The molecule has 0 bridgehead atoms. The summed E-state index contributed by atoms with van der Waals surface area (Å²) in [6.07, 6.45) is 7.07. The van der Waals surface area contributed by atoms with E-state index in [0.717, 1.165) is 16.7 Å². The highest BCUT2D eigenvalue weighted by Crippen LogP contribution is 2.50. The Bertz CT molecular complexity index is 1240. The van der Waals surface area contributed by atoms with Crippen molar-refractivity contribution in [2.75, 3.05) is 0 Å². The zero-order valence-corrected chi connectivity index (χ0v) is 18.5. The predicted octanol–water partition coefficient (Wildman–Crippen LogP) is 3.91. The minimum atomic E-state index is -1.16. The summed E-state index contributed by atoms with van der Waals surface area (Å²) in [5.74, 6) is 0.659. The van der Waals surface area contributed by atoms with E-state index in [0.29, 0.717) is 29.3 Å². The number of amides is 1. The molecule has 3 aromatic rings. The zero-order valence-electron chi connectivity index (χ0n) is 17.7. The number of benzene rings is 1. The van der Waals surface area contributed by atoms with E-state index in [9.17, 15) is 4.79 Å². The molecular weight excluding hydrogens is 426 g/mol. The summed E-state index contributed by atoms with van der Waals surface area (Å²) in [6, 6.07) is 11.3. The minimum absolute atomic E-state index is 0.161. The first-order valence-corrected chi connectivity index (χ1v) is 10.7. The third-order valence-electron chi connectivity index (χ3n) is 5.80. The van der Waals surface area contributed by atoms with E-state index in [2.05, 4.69) is 9.97 Å². The molecule has 7 nitrogen and oxygen atoms in total. The van der Waals surface area contributed by atoms with Gasteiger partial charge in [-0.15, -0.1) is 0 Å². The van der Waals surface area contributed by atoms with Crippen molar-refractivity contribution in [3.63, 3.8) is 0 Å². The van der Waals surface area contributed by atoms with Crippen LogP contribution in [0.4, 0.5) is 0 Å². The summed E-state index contributed by atoms with van der Waals surface area (Å²) in [5.41, 5.74) is 7.89. The third kappa shape index (κ3) is 3.39. The van der Waals surface area contributed by atoms with Crippen LogP contribution in [0, 0.1) is 0 Å². The number of hydrogen-bond donors (Lipinski definition) is 1. The number of carbonyl (C=O) groups excluding carboxylic acids is 1. The van der Waals surface area contributed by atoms with Crippen molar-refractivity contribution in [2.45, 2.75) is 38.0 Å². The normalized spacial score (nSPS) is 21.3. The number of halogens is 1. The van der Waals surface area contributed by atoms with Gasteiger partial charge in [0.1, 0.15) is 11.4 Å². The number of aromatic nitrogens is 2. The molecule has 0 fully saturated rings. The van der Waals surface area contributed by atoms with Crippen molar-refractivity contribution in [1.29, 1.82) is 0 Å². The fourth-order valence-corrected chi connectivity index (χ4v) is 4.66. The molecule has 1 unspecified atom stereocenters. The van der Waals surface area contributed by atoms with Crippen molar-refractivity contribution in [1.82, 2.24) is 14.9 Å². The number of rotatable bonds is 3. The van der Waals surface area contributed by atoms with Gasteiger partial charge in [-0.05, 0) is 55.3 Å². The summed E-state index contributed by atoms with van der Waals surface area (Å²) in [6.45, 7) is 4.24. The van der Waals surface area contributed by atoms with Crippen molar-refractivity contribution >= 4 is 23.5 Å². The smallest absolute Gasteiger partial charge is 0.262 e. The van der Waals surface area contributed by atoms with Gasteiger partial charge in [-0.1, -0.05) is 17.7 Å². The number of carbonyl (C=O) groups is 1. The molecule has 1 atom stereocenters. The number of fused-ring (bicyclic) bond motifs is 2. The molecular formula is C24H22ClN5O2. The van der Waals surface area contributed by atoms with Gasteiger partial charge in [0.05, 0.1) is 11.6 Å². The Morgan fingerprint density at radius 3 is 2.62 bits per heavy atom. The Kier molecular flexibility index (Phi) is 4.67.